The van der Waals surface area contributed by atoms with Crippen LogP contribution in [-0.2, 0) is 0 Å². The fourth-order valence-corrected chi connectivity index (χ4v) is 3.44. The topological polar surface area (TPSA) is 64.6 Å². The van der Waals surface area contributed by atoms with E-state index in [0.717, 1.165) is 31.8 Å². The molecule has 2 aliphatic carbocycles. The van der Waals surface area contributed by atoms with Crippen molar-refractivity contribution >= 4 is 6.03 Å². The third kappa shape index (κ3) is 4.33. The molecule has 0 heterocycles. The second-order valence-electron chi connectivity index (χ2n) is 7.22. The van der Waals surface area contributed by atoms with Gasteiger partial charge in [0.2, 0.25) is 0 Å². The van der Waals surface area contributed by atoms with Crippen molar-refractivity contribution in [2.24, 2.45) is 5.41 Å². The van der Waals surface area contributed by atoms with Crippen molar-refractivity contribution < 1.29 is 9.90 Å². The van der Waals surface area contributed by atoms with Gasteiger partial charge in [-0.15, -0.1) is 0 Å². The van der Waals surface area contributed by atoms with Gasteiger partial charge in [-0.05, 0) is 39.5 Å². The predicted molar refractivity (Wildman–Crippen MR) is 84.2 cm³/mol. The molecule has 0 radical (unpaired) electrons. The van der Waals surface area contributed by atoms with E-state index in [1.165, 1.54) is 12.8 Å². The fraction of sp³-hybridized carbons (Fsp3) is 0.938. The number of hydrogen-bond donors (Lipinski definition) is 3. The summed E-state index contributed by atoms with van der Waals surface area (Å²) < 4.78 is 0. The molecule has 2 unspecified atom stereocenters. The lowest BCUT2D eigenvalue weighted by molar-refractivity contribution is 0.121. The van der Waals surface area contributed by atoms with Crippen LogP contribution in [0, 0.1) is 5.41 Å². The lowest BCUT2D eigenvalue weighted by atomic mass is 9.86. The van der Waals surface area contributed by atoms with Crippen molar-refractivity contribution in [1.29, 1.82) is 0 Å². The van der Waals surface area contributed by atoms with E-state index in [-0.39, 0.29) is 24.1 Å². The number of aliphatic hydroxyl groups is 1. The van der Waals surface area contributed by atoms with Gasteiger partial charge in [0.15, 0.2) is 0 Å². The van der Waals surface area contributed by atoms with E-state index in [9.17, 15) is 9.90 Å². The van der Waals surface area contributed by atoms with E-state index < -0.39 is 0 Å². The average Bonchev–Trinajstić information content (AvgIpc) is 3.20. The van der Waals surface area contributed by atoms with Gasteiger partial charge >= 0.3 is 6.03 Å². The molecule has 2 fully saturated rings. The summed E-state index contributed by atoms with van der Waals surface area (Å²) >= 11 is 0. The molecule has 5 heteroatoms. The summed E-state index contributed by atoms with van der Waals surface area (Å²) in [6.07, 6.45) is 5.61. The summed E-state index contributed by atoms with van der Waals surface area (Å²) in [7, 11) is 0. The maximum Gasteiger partial charge on any atom is 0.315 e. The summed E-state index contributed by atoms with van der Waals surface area (Å²) in [5, 5.41) is 15.5. The molecule has 2 aliphatic rings. The first-order chi connectivity index (χ1) is 9.96. The Morgan fingerprint density at radius 3 is 2.67 bits per heavy atom. The average molecular weight is 297 g/mol. The van der Waals surface area contributed by atoms with Crippen LogP contribution in [0.1, 0.15) is 52.9 Å². The molecule has 2 atom stereocenters. The minimum atomic E-state index is -0.157. The van der Waals surface area contributed by atoms with E-state index in [0.29, 0.717) is 12.6 Å². The predicted octanol–water partition coefficient (Wildman–Crippen LogP) is 1.71. The highest BCUT2D eigenvalue weighted by atomic mass is 16.3. The Labute approximate surface area is 128 Å². The summed E-state index contributed by atoms with van der Waals surface area (Å²) in [4.78, 5) is 14.5. The molecule has 2 saturated carbocycles. The van der Waals surface area contributed by atoms with Gasteiger partial charge in [-0.25, -0.2) is 4.79 Å². The number of nitrogens with zero attached hydrogens (tertiary/aromatic N) is 1. The molecule has 122 valence electrons. The largest absolute Gasteiger partial charge is 0.396 e. The minimum Gasteiger partial charge on any atom is -0.396 e. The van der Waals surface area contributed by atoms with Crippen LogP contribution in [0.4, 0.5) is 4.79 Å². The maximum absolute atomic E-state index is 12.0. The van der Waals surface area contributed by atoms with Crippen molar-refractivity contribution in [3.05, 3.63) is 0 Å². The van der Waals surface area contributed by atoms with Gasteiger partial charge in [0, 0.05) is 36.6 Å². The third-order valence-corrected chi connectivity index (χ3v) is 5.08. The second-order valence-corrected chi connectivity index (χ2v) is 7.22. The van der Waals surface area contributed by atoms with E-state index in [1.807, 2.05) is 0 Å². The number of nitrogens with one attached hydrogen (secondary N) is 2. The summed E-state index contributed by atoms with van der Waals surface area (Å²) in [5.74, 6) is 0. The second kappa shape index (κ2) is 6.97. The fourth-order valence-electron chi connectivity index (χ4n) is 3.44. The van der Waals surface area contributed by atoms with E-state index in [1.54, 1.807) is 0 Å². The van der Waals surface area contributed by atoms with Gasteiger partial charge in [-0.1, -0.05) is 13.3 Å². The Balaban J connectivity index is 1.70. The third-order valence-electron chi connectivity index (χ3n) is 5.08. The number of urea groups is 1. The van der Waals surface area contributed by atoms with Crippen LogP contribution in [0.3, 0.4) is 0 Å². The molecule has 21 heavy (non-hydrogen) atoms. The monoisotopic (exact) mass is 297 g/mol. The molecule has 0 bridgehead atoms. The first kappa shape index (κ1) is 16.6. The summed E-state index contributed by atoms with van der Waals surface area (Å²) in [6, 6.07) is 1.26. The van der Waals surface area contributed by atoms with Crippen LogP contribution in [0.25, 0.3) is 0 Å². The maximum atomic E-state index is 12.0. The number of carbonyl (C=O) groups is 1. The molecule has 0 aromatic carbocycles. The normalized spacial score (nSPS) is 29.1. The lowest BCUT2D eigenvalue weighted by Gasteiger charge is -2.30. The Kier molecular flexibility index (Phi) is 5.49. The minimum absolute atomic E-state index is 0.0899. The smallest absolute Gasteiger partial charge is 0.315 e. The number of aliphatic hydroxyl groups excluding tert-OH is 1. The number of amides is 2. The van der Waals surface area contributed by atoms with Crippen LogP contribution in [-0.4, -0.2) is 53.9 Å². The van der Waals surface area contributed by atoms with Crippen molar-refractivity contribution in [3.63, 3.8) is 0 Å². The van der Waals surface area contributed by atoms with Crippen LogP contribution < -0.4 is 10.6 Å². The zero-order valence-corrected chi connectivity index (χ0v) is 13.7. The number of hydrogen-bond acceptors (Lipinski definition) is 3. The highest BCUT2D eigenvalue weighted by Gasteiger charge is 2.39. The standard InChI is InChI=1S/C16H31N3O2/c1-12(2)19(13-6-7-13)10-9-17-15(21)18-14-5-4-8-16(14,3)11-20/h12-14,20H,4-11H2,1-3H3,(H2,17,18,21). The molecule has 0 aliphatic heterocycles. The van der Waals surface area contributed by atoms with Gasteiger partial charge < -0.3 is 15.7 Å². The first-order valence-electron chi connectivity index (χ1n) is 8.37. The van der Waals surface area contributed by atoms with Gasteiger partial charge in [-0.2, -0.15) is 0 Å². The van der Waals surface area contributed by atoms with Gasteiger partial charge in [0.05, 0.1) is 6.61 Å². The highest BCUT2D eigenvalue weighted by molar-refractivity contribution is 5.74. The van der Waals surface area contributed by atoms with Crippen LogP contribution in [0.2, 0.25) is 0 Å². The zero-order chi connectivity index (χ0) is 15.5. The SMILES string of the molecule is CC(C)N(CCNC(=O)NC1CCCC1(C)CO)C1CC1. The Bertz CT molecular complexity index is 355. The molecule has 0 saturated heterocycles. The van der Waals surface area contributed by atoms with E-state index >= 15 is 0 Å². The molecular formula is C16H31N3O2. The summed E-state index contributed by atoms with van der Waals surface area (Å²) in [6.45, 7) is 8.22. The Morgan fingerprint density at radius 1 is 1.38 bits per heavy atom. The zero-order valence-electron chi connectivity index (χ0n) is 13.7. The van der Waals surface area contributed by atoms with Gasteiger partial charge in [-0.3, -0.25) is 4.90 Å². The quantitative estimate of drug-likeness (QED) is 0.670. The van der Waals surface area contributed by atoms with E-state index in [2.05, 4.69) is 36.3 Å². The highest BCUT2D eigenvalue weighted by Crippen LogP contribution is 2.37. The number of carbonyl (C=O) groups excluding carboxylic acids is 1. The molecule has 3 N–H and O–H groups in total. The Morgan fingerprint density at radius 2 is 2.10 bits per heavy atom. The van der Waals surface area contributed by atoms with Crippen molar-refractivity contribution in [3.8, 4) is 0 Å². The van der Waals surface area contributed by atoms with E-state index in [4.69, 9.17) is 0 Å². The molecule has 0 aromatic rings. The molecular weight excluding hydrogens is 266 g/mol. The van der Waals surface area contributed by atoms with Crippen LogP contribution in [0.15, 0.2) is 0 Å². The van der Waals surface area contributed by atoms with Gasteiger partial charge in [0.1, 0.15) is 0 Å². The molecule has 0 aromatic heterocycles. The van der Waals surface area contributed by atoms with Crippen molar-refractivity contribution in [2.45, 2.75) is 71.0 Å². The molecule has 2 amide bonds. The first-order valence-corrected chi connectivity index (χ1v) is 8.37. The lowest BCUT2D eigenvalue weighted by Crippen LogP contribution is -2.50. The van der Waals surface area contributed by atoms with Crippen molar-refractivity contribution in [1.82, 2.24) is 15.5 Å². The summed E-state index contributed by atoms with van der Waals surface area (Å²) in [5.41, 5.74) is -0.157. The van der Waals surface area contributed by atoms with Crippen LogP contribution in [0.5, 0.6) is 0 Å². The molecule has 0 spiro atoms. The molecule has 5 nitrogen and oxygen atoms in total. The molecule has 2 rings (SSSR count). The Hall–Kier alpha value is -0.810. The van der Waals surface area contributed by atoms with Crippen molar-refractivity contribution in [2.75, 3.05) is 19.7 Å². The number of rotatable bonds is 7. The van der Waals surface area contributed by atoms with Crippen LogP contribution >= 0.6 is 0 Å². The van der Waals surface area contributed by atoms with Gasteiger partial charge in [0.25, 0.3) is 0 Å².